The Hall–Kier alpha value is -2.23. The molecule has 0 saturated carbocycles. The molecule has 0 fully saturated rings. The molecule has 2 rings (SSSR count). The summed E-state index contributed by atoms with van der Waals surface area (Å²) in [7, 11) is 1.66. The van der Waals surface area contributed by atoms with Crippen LogP contribution in [0.3, 0.4) is 0 Å². The molecule has 0 saturated heterocycles. The van der Waals surface area contributed by atoms with Crippen LogP contribution in [0.25, 0.3) is 10.8 Å². The maximum absolute atomic E-state index is 11.8. The van der Waals surface area contributed by atoms with Gasteiger partial charge >= 0.3 is 6.03 Å². The van der Waals surface area contributed by atoms with Crippen molar-refractivity contribution in [2.45, 2.75) is 39.3 Å². The predicted octanol–water partition coefficient (Wildman–Crippen LogP) is 3.84. The number of hydrogen-bond donors (Lipinski definition) is 2. The van der Waals surface area contributed by atoms with Gasteiger partial charge in [-0.25, -0.2) is 4.79 Å². The van der Waals surface area contributed by atoms with Crippen LogP contribution in [0.5, 0.6) is 5.75 Å². The lowest BCUT2D eigenvalue weighted by Crippen LogP contribution is -2.40. The Morgan fingerprint density at radius 2 is 1.91 bits per heavy atom. The zero-order valence-electron chi connectivity index (χ0n) is 13.5. The summed E-state index contributed by atoms with van der Waals surface area (Å²) in [6.07, 6.45) is 2.06. The minimum atomic E-state index is -0.115. The number of methoxy groups -OCH3 is 1. The fourth-order valence-electron chi connectivity index (χ4n) is 2.47. The molecule has 2 N–H and O–H groups in total. The van der Waals surface area contributed by atoms with Crippen LogP contribution in [0.15, 0.2) is 36.4 Å². The Labute approximate surface area is 131 Å². The van der Waals surface area contributed by atoms with Crippen molar-refractivity contribution in [1.82, 2.24) is 10.6 Å². The van der Waals surface area contributed by atoms with Crippen LogP contribution in [-0.4, -0.2) is 19.2 Å². The van der Waals surface area contributed by atoms with E-state index >= 15 is 0 Å². The summed E-state index contributed by atoms with van der Waals surface area (Å²) in [6, 6.07) is 12.2. The summed E-state index contributed by atoms with van der Waals surface area (Å²) in [5, 5.41) is 8.11. The highest BCUT2D eigenvalue weighted by molar-refractivity contribution is 5.84. The summed E-state index contributed by atoms with van der Waals surface area (Å²) in [5.74, 6) is 0.850. The van der Waals surface area contributed by atoms with E-state index in [1.54, 1.807) is 7.11 Å². The lowest BCUT2D eigenvalue weighted by molar-refractivity contribution is 0.236. The number of hydrogen-bond acceptors (Lipinski definition) is 2. The number of amides is 2. The summed E-state index contributed by atoms with van der Waals surface area (Å²) >= 11 is 0. The Balaban J connectivity index is 1.96. The predicted molar refractivity (Wildman–Crippen MR) is 90.2 cm³/mol. The van der Waals surface area contributed by atoms with Crippen molar-refractivity contribution in [3.8, 4) is 5.75 Å². The maximum atomic E-state index is 11.8. The average molecular weight is 300 g/mol. The second-order valence-corrected chi connectivity index (χ2v) is 5.56. The van der Waals surface area contributed by atoms with Gasteiger partial charge in [-0.1, -0.05) is 31.5 Å². The van der Waals surface area contributed by atoms with Crippen molar-refractivity contribution < 1.29 is 9.53 Å². The number of fused-ring (bicyclic) bond motifs is 1. The van der Waals surface area contributed by atoms with Crippen molar-refractivity contribution >= 4 is 16.8 Å². The fraction of sp³-hybridized carbons (Fsp3) is 0.389. The van der Waals surface area contributed by atoms with Gasteiger partial charge < -0.3 is 15.4 Å². The van der Waals surface area contributed by atoms with Crippen LogP contribution in [0.4, 0.5) is 4.79 Å². The standard InChI is InChI=1S/C18H24N2O2/c1-4-5-13(2)20-18(21)19-12-14-6-7-16-11-17(22-3)9-8-15(16)10-14/h6-11,13H,4-5,12H2,1-3H3,(H2,19,20,21). The van der Waals surface area contributed by atoms with E-state index in [2.05, 4.69) is 23.6 Å². The molecule has 2 aromatic rings. The first-order valence-electron chi connectivity index (χ1n) is 7.73. The van der Waals surface area contributed by atoms with Crippen molar-refractivity contribution in [3.05, 3.63) is 42.0 Å². The van der Waals surface area contributed by atoms with E-state index in [1.807, 2.05) is 37.3 Å². The first kappa shape index (κ1) is 16.1. The molecule has 1 atom stereocenters. The highest BCUT2D eigenvalue weighted by Crippen LogP contribution is 2.21. The number of ether oxygens (including phenoxy) is 1. The molecule has 4 nitrogen and oxygen atoms in total. The Kier molecular flexibility index (Phi) is 5.64. The summed E-state index contributed by atoms with van der Waals surface area (Å²) in [6.45, 7) is 4.65. The van der Waals surface area contributed by atoms with Gasteiger partial charge in [-0.3, -0.25) is 0 Å². The molecule has 4 heteroatoms. The Bertz CT molecular complexity index is 640. The molecular weight excluding hydrogens is 276 g/mol. The maximum Gasteiger partial charge on any atom is 0.315 e. The van der Waals surface area contributed by atoms with E-state index in [0.29, 0.717) is 6.54 Å². The molecule has 0 heterocycles. The lowest BCUT2D eigenvalue weighted by Gasteiger charge is -2.14. The zero-order chi connectivity index (χ0) is 15.9. The van der Waals surface area contributed by atoms with Crippen LogP contribution in [-0.2, 0) is 6.54 Å². The third kappa shape index (κ3) is 4.38. The highest BCUT2D eigenvalue weighted by Gasteiger charge is 2.06. The van der Waals surface area contributed by atoms with Crippen LogP contribution in [0, 0.1) is 0 Å². The molecule has 0 aliphatic carbocycles. The zero-order valence-corrected chi connectivity index (χ0v) is 13.5. The van der Waals surface area contributed by atoms with Gasteiger partial charge in [0.2, 0.25) is 0 Å². The van der Waals surface area contributed by atoms with E-state index in [0.717, 1.165) is 34.9 Å². The topological polar surface area (TPSA) is 50.4 Å². The minimum Gasteiger partial charge on any atom is -0.497 e. The molecule has 118 valence electrons. The van der Waals surface area contributed by atoms with Crippen molar-refractivity contribution in [2.75, 3.05) is 7.11 Å². The van der Waals surface area contributed by atoms with E-state index < -0.39 is 0 Å². The number of carbonyl (C=O) groups is 1. The largest absolute Gasteiger partial charge is 0.497 e. The van der Waals surface area contributed by atoms with Gasteiger partial charge in [0.1, 0.15) is 5.75 Å². The van der Waals surface area contributed by atoms with Crippen LogP contribution in [0.1, 0.15) is 32.3 Å². The Morgan fingerprint density at radius 3 is 2.64 bits per heavy atom. The molecule has 0 aromatic heterocycles. The van der Waals surface area contributed by atoms with Gasteiger partial charge in [0.05, 0.1) is 7.11 Å². The number of benzene rings is 2. The second kappa shape index (κ2) is 7.69. The molecule has 0 aliphatic rings. The summed E-state index contributed by atoms with van der Waals surface area (Å²) in [5.41, 5.74) is 1.08. The molecule has 1 unspecified atom stereocenters. The van der Waals surface area contributed by atoms with E-state index in [-0.39, 0.29) is 12.1 Å². The van der Waals surface area contributed by atoms with Gasteiger partial charge in [-0.15, -0.1) is 0 Å². The second-order valence-electron chi connectivity index (χ2n) is 5.56. The smallest absolute Gasteiger partial charge is 0.315 e. The third-order valence-corrected chi connectivity index (χ3v) is 3.66. The van der Waals surface area contributed by atoms with Crippen molar-refractivity contribution in [2.24, 2.45) is 0 Å². The number of nitrogens with one attached hydrogen (secondary N) is 2. The average Bonchev–Trinajstić information content (AvgIpc) is 2.52. The molecular formula is C18H24N2O2. The van der Waals surface area contributed by atoms with E-state index in [1.165, 1.54) is 0 Å². The minimum absolute atomic E-state index is 0.115. The van der Waals surface area contributed by atoms with Gasteiger partial charge in [-0.05, 0) is 47.9 Å². The molecule has 0 bridgehead atoms. The first-order chi connectivity index (χ1) is 10.6. The molecule has 2 aromatic carbocycles. The molecule has 0 radical (unpaired) electrons. The number of urea groups is 1. The first-order valence-corrected chi connectivity index (χ1v) is 7.73. The van der Waals surface area contributed by atoms with Crippen LogP contribution < -0.4 is 15.4 Å². The molecule has 0 spiro atoms. The molecule has 0 aliphatic heterocycles. The van der Waals surface area contributed by atoms with Gasteiger partial charge in [-0.2, -0.15) is 0 Å². The van der Waals surface area contributed by atoms with Gasteiger partial charge in [0, 0.05) is 12.6 Å². The quantitative estimate of drug-likeness (QED) is 0.851. The normalized spacial score (nSPS) is 12.0. The van der Waals surface area contributed by atoms with E-state index in [9.17, 15) is 4.79 Å². The van der Waals surface area contributed by atoms with Gasteiger partial charge in [0.25, 0.3) is 0 Å². The Morgan fingerprint density at radius 1 is 1.18 bits per heavy atom. The van der Waals surface area contributed by atoms with Gasteiger partial charge in [0.15, 0.2) is 0 Å². The summed E-state index contributed by atoms with van der Waals surface area (Å²) < 4.78 is 5.22. The third-order valence-electron chi connectivity index (χ3n) is 3.66. The molecule has 22 heavy (non-hydrogen) atoms. The lowest BCUT2D eigenvalue weighted by atomic mass is 10.1. The molecule has 2 amide bonds. The van der Waals surface area contributed by atoms with Crippen molar-refractivity contribution in [3.63, 3.8) is 0 Å². The number of rotatable bonds is 6. The summed E-state index contributed by atoms with van der Waals surface area (Å²) in [4.78, 5) is 11.8. The fourth-order valence-corrected chi connectivity index (χ4v) is 2.47. The van der Waals surface area contributed by atoms with Crippen LogP contribution >= 0.6 is 0 Å². The number of carbonyl (C=O) groups excluding carboxylic acids is 1. The van der Waals surface area contributed by atoms with Crippen molar-refractivity contribution in [1.29, 1.82) is 0 Å². The highest BCUT2D eigenvalue weighted by atomic mass is 16.5. The SMILES string of the molecule is CCCC(C)NC(=O)NCc1ccc2cc(OC)ccc2c1. The van der Waals surface area contributed by atoms with E-state index in [4.69, 9.17) is 4.74 Å². The monoisotopic (exact) mass is 300 g/mol. The van der Waals surface area contributed by atoms with Crippen LogP contribution in [0.2, 0.25) is 0 Å².